The van der Waals surface area contributed by atoms with Gasteiger partial charge >= 0.3 is 0 Å². The molecule has 5 heteroatoms. The first-order valence-electron chi connectivity index (χ1n) is 9.89. The van der Waals surface area contributed by atoms with Gasteiger partial charge in [-0.25, -0.2) is 0 Å². The standard InChI is InChI=1S/C23H26N2O3/c1-23(13-16-25(22(23)27)19-9-11-20(28-2)12-10-19)18-7-5-17(6-8-18)21(26)24-14-3-4-15-24/h5-12H,3-4,13-16H2,1-2H3/t23-/m0/s1. The minimum Gasteiger partial charge on any atom is -0.497 e. The summed E-state index contributed by atoms with van der Waals surface area (Å²) in [7, 11) is 1.63. The van der Waals surface area contributed by atoms with Crippen molar-refractivity contribution in [1.82, 2.24) is 4.90 Å². The van der Waals surface area contributed by atoms with Crippen molar-refractivity contribution in [2.24, 2.45) is 0 Å². The molecule has 146 valence electrons. The zero-order valence-corrected chi connectivity index (χ0v) is 16.5. The lowest BCUT2D eigenvalue weighted by Crippen LogP contribution is -2.35. The molecule has 2 aromatic rings. The normalized spacial score (nSPS) is 22.0. The highest BCUT2D eigenvalue weighted by molar-refractivity contribution is 6.03. The van der Waals surface area contributed by atoms with Crippen LogP contribution >= 0.6 is 0 Å². The molecule has 2 amide bonds. The van der Waals surface area contributed by atoms with Crippen LogP contribution < -0.4 is 9.64 Å². The quantitative estimate of drug-likeness (QED) is 0.816. The molecule has 0 saturated carbocycles. The number of rotatable bonds is 4. The SMILES string of the molecule is COc1ccc(N2CC[C@@](C)(c3ccc(C(=O)N4CCCC4)cc3)C2=O)cc1. The van der Waals surface area contributed by atoms with Gasteiger partial charge in [0.1, 0.15) is 5.75 Å². The van der Waals surface area contributed by atoms with Crippen LogP contribution in [0.5, 0.6) is 5.75 Å². The van der Waals surface area contributed by atoms with Gasteiger partial charge in [-0.3, -0.25) is 9.59 Å². The second kappa shape index (κ2) is 7.30. The van der Waals surface area contributed by atoms with Crippen LogP contribution in [0.2, 0.25) is 0 Å². The van der Waals surface area contributed by atoms with Crippen LogP contribution in [0.1, 0.15) is 42.1 Å². The van der Waals surface area contributed by atoms with E-state index in [0.717, 1.165) is 49.4 Å². The van der Waals surface area contributed by atoms with E-state index in [4.69, 9.17) is 4.74 Å². The molecule has 2 aliphatic rings. The second-order valence-corrected chi connectivity index (χ2v) is 7.81. The van der Waals surface area contributed by atoms with E-state index >= 15 is 0 Å². The number of hydrogen-bond donors (Lipinski definition) is 0. The minimum absolute atomic E-state index is 0.0896. The average Bonchev–Trinajstić information content (AvgIpc) is 3.38. The molecule has 1 atom stereocenters. The Morgan fingerprint density at radius 1 is 0.964 bits per heavy atom. The van der Waals surface area contributed by atoms with Gasteiger partial charge in [0.15, 0.2) is 0 Å². The molecule has 4 rings (SSSR count). The van der Waals surface area contributed by atoms with Gasteiger partial charge in [0.25, 0.3) is 5.91 Å². The highest BCUT2D eigenvalue weighted by Gasteiger charge is 2.44. The zero-order valence-electron chi connectivity index (χ0n) is 16.5. The maximum Gasteiger partial charge on any atom is 0.253 e. The molecule has 2 heterocycles. The van der Waals surface area contributed by atoms with Gasteiger partial charge in [0.2, 0.25) is 5.91 Å². The Bertz CT molecular complexity index is 870. The Morgan fingerprint density at radius 3 is 2.21 bits per heavy atom. The van der Waals surface area contributed by atoms with Gasteiger partial charge in [0.05, 0.1) is 12.5 Å². The van der Waals surface area contributed by atoms with Crippen LogP contribution in [0, 0.1) is 0 Å². The summed E-state index contributed by atoms with van der Waals surface area (Å²) in [5.41, 5.74) is 1.98. The molecule has 0 N–H and O–H groups in total. The first kappa shape index (κ1) is 18.5. The summed E-state index contributed by atoms with van der Waals surface area (Å²) in [6.07, 6.45) is 2.91. The maximum atomic E-state index is 13.2. The van der Waals surface area contributed by atoms with Gasteiger partial charge in [-0.15, -0.1) is 0 Å². The van der Waals surface area contributed by atoms with Crippen molar-refractivity contribution >= 4 is 17.5 Å². The number of likely N-dealkylation sites (tertiary alicyclic amines) is 1. The van der Waals surface area contributed by atoms with E-state index in [-0.39, 0.29) is 11.8 Å². The van der Waals surface area contributed by atoms with E-state index in [2.05, 4.69) is 0 Å². The molecule has 0 aliphatic carbocycles. The third kappa shape index (κ3) is 3.15. The molecule has 0 radical (unpaired) electrons. The van der Waals surface area contributed by atoms with Gasteiger partial charge < -0.3 is 14.5 Å². The van der Waals surface area contributed by atoms with Crippen LogP contribution in [0.15, 0.2) is 48.5 Å². The van der Waals surface area contributed by atoms with Gasteiger partial charge in [-0.2, -0.15) is 0 Å². The summed E-state index contributed by atoms with van der Waals surface area (Å²) >= 11 is 0. The third-order valence-electron chi connectivity index (χ3n) is 6.10. The fraction of sp³-hybridized carbons (Fsp3) is 0.391. The molecule has 0 spiro atoms. The number of hydrogen-bond acceptors (Lipinski definition) is 3. The molecule has 2 fully saturated rings. The van der Waals surface area contributed by atoms with Crippen LogP contribution in [-0.4, -0.2) is 43.5 Å². The Labute approximate surface area is 165 Å². The Balaban J connectivity index is 1.53. The number of methoxy groups -OCH3 is 1. The molecular weight excluding hydrogens is 352 g/mol. The second-order valence-electron chi connectivity index (χ2n) is 7.81. The van der Waals surface area contributed by atoms with Gasteiger partial charge in [0, 0.05) is 30.9 Å². The highest BCUT2D eigenvalue weighted by atomic mass is 16.5. The monoisotopic (exact) mass is 378 g/mol. The van der Waals surface area contributed by atoms with Crippen molar-refractivity contribution in [3.05, 3.63) is 59.7 Å². The highest BCUT2D eigenvalue weighted by Crippen LogP contribution is 2.38. The van der Waals surface area contributed by atoms with Crippen LogP contribution in [0.3, 0.4) is 0 Å². The molecular formula is C23H26N2O3. The molecule has 28 heavy (non-hydrogen) atoms. The van der Waals surface area contributed by atoms with Crippen LogP contribution in [-0.2, 0) is 10.2 Å². The Hall–Kier alpha value is -2.82. The van der Waals surface area contributed by atoms with Crippen LogP contribution in [0.4, 0.5) is 5.69 Å². The molecule has 0 aromatic heterocycles. The predicted octanol–water partition coefficient (Wildman–Crippen LogP) is 3.63. The van der Waals surface area contributed by atoms with E-state index < -0.39 is 5.41 Å². The number of benzene rings is 2. The zero-order chi connectivity index (χ0) is 19.7. The van der Waals surface area contributed by atoms with Crippen molar-refractivity contribution in [2.75, 3.05) is 31.6 Å². The molecule has 2 saturated heterocycles. The van der Waals surface area contributed by atoms with Gasteiger partial charge in [-0.05, 0) is 68.1 Å². The number of carbonyl (C=O) groups is 2. The van der Waals surface area contributed by atoms with E-state index in [0.29, 0.717) is 12.1 Å². The van der Waals surface area contributed by atoms with E-state index in [1.807, 2.05) is 65.3 Å². The summed E-state index contributed by atoms with van der Waals surface area (Å²) in [6, 6.07) is 15.2. The summed E-state index contributed by atoms with van der Waals surface area (Å²) < 4.78 is 5.20. The van der Waals surface area contributed by atoms with Gasteiger partial charge in [-0.1, -0.05) is 12.1 Å². The van der Waals surface area contributed by atoms with E-state index in [9.17, 15) is 9.59 Å². The number of anilines is 1. The van der Waals surface area contributed by atoms with Crippen molar-refractivity contribution in [2.45, 2.75) is 31.6 Å². The molecule has 0 bridgehead atoms. The smallest absolute Gasteiger partial charge is 0.253 e. The fourth-order valence-electron chi connectivity index (χ4n) is 4.20. The van der Waals surface area contributed by atoms with E-state index in [1.165, 1.54) is 0 Å². The minimum atomic E-state index is -0.574. The van der Waals surface area contributed by atoms with Crippen molar-refractivity contribution in [3.8, 4) is 5.75 Å². The molecule has 2 aromatic carbocycles. The summed E-state index contributed by atoms with van der Waals surface area (Å²) in [4.78, 5) is 29.5. The molecule has 5 nitrogen and oxygen atoms in total. The number of nitrogens with zero attached hydrogens (tertiary/aromatic N) is 2. The number of amides is 2. The predicted molar refractivity (Wildman–Crippen MR) is 109 cm³/mol. The summed E-state index contributed by atoms with van der Waals surface area (Å²) in [5.74, 6) is 0.958. The molecule has 2 aliphatic heterocycles. The lowest BCUT2D eigenvalue weighted by molar-refractivity contribution is -0.121. The average molecular weight is 378 g/mol. The third-order valence-corrected chi connectivity index (χ3v) is 6.10. The lowest BCUT2D eigenvalue weighted by atomic mass is 9.81. The first-order valence-corrected chi connectivity index (χ1v) is 9.89. The topological polar surface area (TPSA) is 49.9 Å². The molecule has 0 unspecified atom stereocenters. The first-order chi connectivity index (χ1) is 13.5. The van der Waals surface area contributed by atoms with Crippen molar-refractivity contribution in [1.29, 1.82) is 0 Å². The fourth-order valence-corrected chi connectivity index (χ4v) is 4.20. The number of ether oxygens (including phenoxy) is 1. The summed E-state index contributed by atoms with van der Waals surface area (Å²) in [6.45, 7) is 4.35. The Morgan fingerprint density at radius 2 is 1.61 bits per heavy atom. The number of carbonyl (C=O) groups excluding carboxylic acids is 2. The largest absolute Gasteiger partial charge is 0.497 e. The van der Waals surface area contributed by atoms with E-state index in [1.54, 1.807) is 7.11 Å². The Kier molecular flexibility index (Phi) is 4.84. The van der Waals surface area contributed by atoms with Crippen molar-refractivity contribution in [3.63, 3.8) is 0 Å². The summed E-state index contributed by atoms with van der Waals surface area (Å²) in [5, 5.41) is 0. The lowest BCUT2D eigenvalue weighted by Gasteiger charge is -2.24. The maximum absolute atomic E-state index is 13.2. The van der Waals surface area contributed by atoms with Crippen LogP contribution in [0.25, 0.3) is 0 Å². The van der Waals surface area contributed by atoms with Crippen molar-refractivity contribution < 1.29 is 14.3 Å².